The van der Waals surface area contributed by atoms with Crippen molar-refractivity contribution in [2.24, 2.45) is 0 Å². The molecular weight excluding hydrogens is 270 g/mol. The van der Waals surface area contributed by atoms with Crippen LogP contribution in [0.1, 0.15) is 38.8 Å². The fraction of sp³-hybridized carbons (Fsp3) is 0.562. The molecule has 1 atom stereocenters. The second kappa shape index (κ2) is 6.80. The Morgan fingerprint density at radius 3 is 2.05 bits per heavy atom. The zero-order valence-corrected chi connectivity index (χ0v) is 13.6. The Balaban J connectivity index is 3.15. The third kappa shape index (κ3) is 4.36. The van der Waals surface area contributed by atoms with E-state index in [9.17, 15) is 4.79 Å². The Bertz CT molecular complexity index is 480. The first-order chi connectivity index (χ1) is 9.70. The fourth-order valence-corrected chi connectivity index (χ4v) is 1.93. The summed E-state index contributed by atoms with van der Waals surface area (Å²) < 4.78 is 10.9. The molecule has 0 radical (unpaired) electrons. The lowest BCUT2D eigenvalue weighted by atomic mass is 9.86. The minimum atomic E-state index is -0.890. The maximum absolute atomic E-state index is 10.9. The number of hydrogen-bond donors (Lipinski definition) is 2. The van der Waals surface area contributed by atoms with Crippen LogP contribution in [0.2, 0.25) is 0 Å². The van der Waals surface area contributed by atoms with Gasteiger partial charge in [-0.1, -0.05) is 20.8 Å². The summed E-state index contributed by atoms with van der Waals surface area (Å²) in [7, 11) is 3.21. The average molecular weight is 295 g/mol. The number of carboxylic acids is 1. The number of hydrogen-bond acceptors (Lipinski definition) is 4. The van der Waals surface area contributed by atoms with Crippen LogP contribution in [0.25, 0.3) is 0 Å². The summed E-state index contributed by atoms with van der Waals surface area (Å²) in [5, 5.41) is 11.9. The van der Waals surface area contributed by atoms with Gasteiger partial charge in [-0.2, -0.15) is 0 Å². The van der Waals surface area contributed by atoms with E-state index < -0.39 is 12.0 Å². The Kier molecular flexibility index (Phi) is 5.61. The molecule has 5 heteroatoms. The first kappa shape index (κ1) is 17.3. The van der Waals surface area contributed by atoms with E-state index in [1.54, 1.807) is 21.1 Å². The molecule has 1 aromatic rings. The van der Waals surface area contributed by atoms with Crippen molar-refractivity contribution >= 4 is 5.97 Å². The molecule has 0 saturated heterocycles. The molecule has 21 heavy (non-hydrogen) atoms. The van der Waals surface area contributed by atoms with E-state index in [0.29, 0.717) is 18.0 Å². The van der Waals surface area contributed by atoms with E-state index in [0.717, 1.165) is 11.1 Å². The summed E-state index contributed by atoms with van der Waals surface area (Å²) >= 11 is 0. The quantitative estimate of drug-likeness (QED) is 0.844. The predicted molar refractivity (Wildman–Crippen MR) is 82.2 cm³/mol. The highest BCUT2D eigenvalue weighted by Crippen LogP contribution is 2.35. The van der Waals surface area contributed by atoms with Crippen LogP contribution in [-0.2, 0) is 16.8 Å². The number of carboxylic acid groups (broad SMARTS) is 1. The molecule has 1 aromatic carbocycles. The minimum Gasteiger partial charge on any atom is -0.496 e. The molecule has 0 saturated carbocycles. The van der Waals surface area contributed by atoms with E-state index in [-0.39, 0.29) is 5.41 Å². The van der Waals surface area contributed by atoms with Crippen LogP contribution >= 0.6 is 0 Å². The summed E-state index contributed by atoms with van der Waals surface area (Å²) in [4.78, 5) is 10.9. The summed E-state index contributed by atoms with van der Waals surface area (Å²) in [6.07, 6.45) is 0. The van der Waals surface area contributed by atoms with Gasteiger partial charge in [0.25, 0.3) is 0 Å². The van der Waals surface area contributed by atoms with Crippen LogP contribution in [0.3, 0.4) is 0 Å². The Labute approximate surface area is 126 Å². The molecule has 2 N–H and O–H groups in total. The van der Waals surface area contributed by atoms with E-state index in [4.69, 9.17) is 14.6 Å². The van der Waals surface area contributed by atoms with Gasteiger partial charge in [-0.15, -0.1) is 0 Å². The van der Waals surface area contributed by atoms with E-state index in [1.165, 1.54) is 0 Å². The van der Waals surface area contributed by atoms with Crippen molar-refractivity contribution in [1.82, 2.24) is 5.32 Å². The van der Waals surface area contributed by atoms with Crippen molar-refractivity contribution in [2.45, 2.75) is 45.7 Å². The molecule has 0 bridgehead atoms. The van der Waals surface area contributed by atoms with Gasteiger partial charge in [-0.05, 0) is 30.0 Å². The smallest absolute Gasteiger partial charge is 0.320 e. The molecule has 0 unspecified atom stereocenters. The molecule has 118 valence electrons. The number of rotatable bonds is 6. The molecule has 0 heterocycles. The maximum atomic E-state index is 10.9. The molecule has 0 fully saturated rings. The summed E-state index contributed by atoms with van der Waals surface area (Å²) in [6, 6.07) is 3.32. The zero-order valence-electron chi connectivity index (χ0n) is 13.6. The van der Waals surface area contributed by atoms with Gasteiger partial charge in [-0.25, -0.2) is 0 Å². The second-order valence-corrected chi connectivity index (χ2v) is 6.05. The molecule has 0 aliphatic rings. The highest BCUT2D eigenvalue weighted by Gasteiger charge is 2.21. The van der Waals surface area contributed by atoms with Gasteiger partial charge >= 0.3 is 5.97 Å². The number of nitrogens with one attached hydrogen (secondary N) is 1. The van der Waals surface area contributed by atoms with Gasteiger partial charge in [0.15, 0.2) is 0 Å². The first-order valence-electron chi connectivity index (χ1n) is 6.92. The third-order valence-electron chi connectivity index (χ3n) is 3.43. The van der Waals surface area contributed by atoms with Crippen molar-refractivity contribution in [1.29, 1.82) is 0 Å². The van der Waals surface area contributed by atoms with E-state index >= 15 is 0 Å². The summed E-state index contributed by atoms with van der Waals surface area (Å²) in [6.45, 7) is 8.32. The molecule has 0 spiro atoms. The molecule has 0 aromatic heterocycles. The van der Waals surface area contributed by atoms with E-state index in [1.807, 2.05) is 12.1 Å². The van der Waals surface area contributed by atoms with Crippen molar-refractivity contribution in [3.8, 4) is 11.5 Å². The molecule has 5 nitrogen and oxygen atoms in total. The topological polar surface area (TPSA) is 67.8 Å². The van der Waals surface area contributed by atoms with Gasteiger partial charge < -0.3 is 19.9 Å². The standard InChI is InChI=1S/C16H25NO4/c1-10(15(18)19)17-9-12-13(20-5)7-11(16(2,3)4)8-14(12)21-6/h7-8,10,17H,9H2,1-6H3,(H,18,19)/t10-/m0/s1. The largest absolute Gasteiger partial charge is 0.496 e. The predicted octanol–water partition coefficient (Wildman–Crippen LogP) is 2.56. The summed E-state index contributed by atoms with van der Waals surface area (Å²) in [5.41, 5.74) is 1.90. The van der Waals surface area contributed by atoms with Crippen molar-refractivity contribution < 1.29 is 19.4 Å². The van der Waals surface area contributed by atoms with Crippen LogP contribution in [0.4, 0.5) is 0 Å². The van der Waals surface area contributed by atoms with Crippen LogP contribution in [-0.4, -0.2) is 31.3 Å². The van der Waals surface area contributed by atoms with Crippen LogP contribution in [0.5, 0.6) is 11.5 Å². The molecular formula is C16H25NO4. The lowest BCUT2D eigenvalue weighted by Gasteiger charge is -2.23. The average Bonchev–Trinajstić information content (AvgIpc) is 2.42. The molecule has 1 rings (SSSR count). The number of carbonyl (C=O) groups is 1. The van der Waals surface area contributed by atoms with Gasteiger partial charge in [0, 0.05) is 12.1 Å². The Hall–Kier alpha value is -1.75. The summed E-state index contributed by atoms with van der Waals surface area (Å²) in [5.74, 6) is 0.507. The van der Waals surface area contributed by atoms with Crippen LogP contribution in [0, 0.1) is 0 Å². The van der Waals surface area contributed by atoms with Gasteiger partial charge in [-0.3, -0.25) is 4.79 Å². The van der Waals surface area contributed by atoms with Gasteiger partial charge in [0.1, 0.15) is 17.5 Å². The van der Waals surface area contributed by atoms with Gasteiger partial charge in [0.2, 0.25) is 0 Å². The molecule has 0 aliphatic carbocycles. The number of aliphatic carboxylic acids is 1. The van der Waals surface area contributed by atoms with Crippen molar-refractivity contribution in [3.63, 3.8) is 0 Å². The lowest BCUT2D eigenvalue weighted by Crippen LogP contribution is -2.33. The number of ether oxygens (including phenoxy) is 2. The first-order valence-corrected chi connectivity index (χ1v) is 6.92. The van der Waals surface area contributed by atoms with Crippen molar-refractivity contribution in [3.05, 3.63) is 23.3 Å². The number of benzene rings is 1. The second-order valence-electron chi connectivity index (χ2n) is 6.05. The molecule has 0 amide bonds. The highest BCUT2D eigenvalue weighted by molar-refractivity contribution is 5.72. The Morgan fingerprint density at radius 1 is 1.24 bits per heavy atom. The monoisotopic (exact) mass is 295 g/mol. The van der Waals surface area contributed by atoms with Crippen molar-refractivity contribution in [2.75, 3.05) is 14.2 Å². The molecule has 0 aliphatic heterocycles. The Morgan fingerprint density at radius 2 is 1.71 bits per heavy atom. The maximum Gasteiger partial charge on any atom is 0.320 e. The van der Waals surface area contributed by atoms with Crippen LogP contribution < -0.4 is 14.8 Å². The van der Waals surface area contributed by atoms with Crippen LogP contribution in [0.15, 0.2) is 12.1 Å². The van der Waals surface area contributed by atoms with Gasteiger partial charge in [0.05, 0.1) is 14.2 Å². The zero-order chi connectivity index (χ0) is 16.2. The highest BCUT2D eigenvalue weighted by atomic mass is 16.5. The normalized spacial score (nSPS) is 12.9. The minimum absolute atomic E-state index is 0.0269. The SMILES string of the molecule is COc1cc(C(C)(C)C)cc(OC)c1CN[C@@H](C)C(=O)O. The third-order valence-corrected chi connectivity index (χ3v) is 3.43. The fourth-order valence-electron chi connectivity index (χ4n) is 1.93. The lowest BCUT2D eigenvalue weighted by molar-refractivity contribution is -0.139. The van der Waals surface area contributed by atoms with E-state index in [2.05, 4.69) is 26.1 Å². The number of methoxy groups -OCH3 is 2.